The molecule has 0 spiro atoms. The second-order valence-electron chi connectivity index (χ2n) is 7.62. The van der Waals surface area contributed by atoms with Crippen LogP contribution in [0, 0.1) is 5.92 Å². The van der Waals surface area contributed by atoms with Gasteiger partial charge in [-0.2, -0.15) is 0 Å². The number of pyridine rings is 1. The first-order chi connectivity index (χ1) is 12.1. The summed E-state index contributed by atoms with van der Waals surface area (Å²) in [6.45, 7) is 2.12. The van der Waals surface area contributed by atoms with E-state index in [1.807, 2.05) is 24.5 Å². The standard InChI is InChI=1S/C21H27N3O/c1-23-11-9-17(20(23)16-7-5-10-22-13-16)14-24(2)19-12-15-6-3-4-8-18(15)21(19)25/h3-8,10,13,17,19-21,25H,9,11-12,14H2,1-2H3/t17-,19?,20-,21?/m0/s1. The molecular formula is C21H27N3O. The first-order valence-corrected chi connectivity index (χ1v) is 9.21. The number of fused-ring (bicyclic) bond motifs is 1. The van der Waals surface area contributed by atoms with Crippen molar-refractivity contribution < 1.29 is 5.11 Å². The van der Waals surface area contributed by atoms with Gasteiger partial charge in [-0.15, -0.1) is 0 Å². The molecule has 0 bridgehead atoms. The third kappa shape index (κ3) is 3.10. The second kappa shape index (κ2) is 6.87. The lowest BCUT2D eigenvalue weighted by Crippen LogP contribution is -2.39. The van der Waals surface area contributed by atoms with Crippen LogP contribution in [0.3, 0.4) is 0 Å². The minimum Gasteiger partial charge on any atom is -0.387 e. The van der Waals surface area contributed by atoms with Crippen molar-refractivity contribution in [2.24, 2.45) is 5.92 Å². The number of benzene rings is 1. The molecular weight excluding hydrogens is 310 g/mol. The lowest BCUT2D eigenvalue weighted by atomic mass is 9.93. The average Bonchev–Trinajstić information content (AvgIpc) is 3.16. The fourth-order valence-corrected chi connectivity index (χ4v) is 4.75. The number of likely N-dealkylation sites (N-methyl/N-ethyl adjacent to an activating group) is 1. The van der Waals surface area contributed by atoms with Gasteiger partial charge in [0.2, 0.25) is 0 Å². The SMILES string of the molecule is CN(C[C@@H]1CCN(C)[C@H]1c1cccnc1)C1Cc2ccccc2C1O. The molecule has 4 nitrogen and oxygen atoms in total. The summed E-state index contributed by atoms with van der Waals surface area (Å²) in [5, 5.41) is 10.8. The zero-order chi connectivity index (χ0) is 17.4. The van der Waals surface area contributed by atoms with Gasteiger partial charge < -0.3 is 5.11 Å². The summed E-state index contributed by atoms with van der Waals surface area (Å²) in [4.78, 5) is 9.13. The zero-order valence-corrected chi connectivity index (χ0v) is 15.0. The van der Waals surface area contributed by atoms with Gasteiger partial charge in [-0.3, -0.25) is 14.8 Å². The summed E-state index contributed by atoms with van der Waals surface area (Å²) in [5.41, 5.74) is 3.70. The highest BCUT2D eigenvalue weighted by Crippen LogP contribution is 2.39. The molecule has 25 heavy (non-hydrogen) atoms. The van der Waals surface area contributed by atoms with Crippen molar-refractivity contribution >= 4 is 0 Å². The average molecular weight is 337 g/mol. The highest BCUT2D eigenvalue weighted by molar-refractivity contribution is 5.35. The van der Waals surface area contributed by atoms with Crippen LogP contribution in [-0.4, -0.2) is 53.1 Å². The molecule has 4 atom stereocenters. The van der Waals surface area contributed by atoms with E-state index in [9.17, 15) is 5.11 Å². The molecule has 1 N–H and O–H groups in total. The van der Waals surface area contributed by atoms with E-state index in [4.69, 9.17) is 0 Å². The number of aliphatic hydroxyl groups excluding tert-OH is 1. The number of hydrogen-bond donors (Lipinski definition) is 1. The normalized spacial score (nSPS) is 29.3. The zero-order valence-electron chi connectivity index (χ0n) is 15.0. The molecule has 2 aromatic rings. The van der Waals surface area contributed by atoms with E-state index >= 15 is 0 Å². The molecule has 1 aromatic carbocycles. The van der Waals surface area contributed by atoms with Gasteiger partial charge in [0, 0.05) is 31.0 Å². The van der Waals surface area contributed by atoms with Gasteiger partial charge in [-0.05, 0) is 62.2 Å². The molecule has 1 aromatic heterocycles. The number of aromatic nitrogens is 1. The van der Waals surface area contributed by atoms with E-state index in [-0.39, 0.29) is 12.1 Å². The van der Waals surface area contributed by atoms with Gasteiger partial charge in [0.1, 0.15) is 0 Å². The molecule has 2 unspecified atom stereocenters. The van der Waals surface area contributed by atoms with Gasteiger partial charge in [-0.25, -0.2) is 0 Å². The molecule has 0 radical (unpaired) electrons. The summed E-state index contributed by atoms with van der Waals surface area (Å²) < 4.78 is 0. The summed E-state index contributed by atoms with van der Waals surface area (Å²) in [5.74, 6) is 0.565. The smallest absolute Gasteiger partial charge is 0.0950 e. The monoisotopic (exact) mass is 337 g/mol. The Morgan fingerprint density at radius 3 is 2.84 bits per heavy atom. The van der Waals surface area contributed by atoms with Crippen molar-refractivity contribution in [3.63, 3.8) is 0 Å². The van der Waals surface area contributed by atoms with Gasteiger partial charge in [0.05, 0.1) is 6.10 Å². The highest BCUT2D eigenvalue weighted by Gasteiger charge is 2.38. The van der Waals surface area contributed by atoms with Crippen LogP contribution in [0.2, 0.25) is 0 Å². The Balaban J connectivity index is 1.48. The molecule has 0 amide bonds. The Kier molecular flexibility index (Phi) is 4.59. The minimum absolute atomic E-state index is 0.179. The maximum atomic E-state index is 10.8. The molecule has 4 rings (SSSR count). The lowest BCUT2D eigenvalue weighted by Gasteiger charge is -2.33. The van der Waals surface area contributed by atoms with Crippen molar-refractivity contribution in [2.45, 2.75) is 31.0 Å². The summed E-state index contributed by atoms with van der Waals surface area (Å²) in [6, 6.07) is 13.1. The number of hydrogen-bond acceptors (Lipinski definition) is 4. The maximum Gasteiger partial charge on any atom is 0.0950 e. The number of likely N-dealkylation sites (tertiary alicyclic amines) is 1. The highest BCUT2D eigenvalue weighted by atomic mass is 16.3. The van der Waals surface area contributed by atoms with E-state index in [1.165, 1.54) is 17.5 Å². The van der Waals surface area contributed by atoms with Crippen LogP contribution >= 0.6 is 0 Å². The molecule has 1 saturated heterocycles. The predicted molar refractivity (Wildman–Crippen MR) is 99.2 cm³/mol. The van der Waals surface area contributed by atoms with Crippen LogP contribution in [0.4, 0.5) is 0 Å². The summed E-state index contributed by atoms with van der Waals surface area (Å²) in [7, 11) is 4.37. The molecule has 4 heteroatoms. The summed E-state index contributed by atoms with van der Waals surface area (Å²) in [6.07, 6.45) is 5.59. The van der Waals surface area contributed by atoms with Gasteiger partial charge in [0.25, 0.3) is 0 Å². The fourth-order valence-electron chi connectivity index (χ4n) is 4.75. The van der Waals surface area contributed by atoms with Crippen LogP contribution in [-0.2, 0) is 6.42 Å². The van der Waals surface area contributed by atoms with E-state index in [0.717, 1.165) is 25.1 Å². The third-order valence-corrected chi connectivity index (χ3v) is 6.06. The van der Waals surface area contributed by atoms with Gasteiger partial charge in [-0.1, -0.05) is 30.3 Å². The Morgan fingerprint density at radius 2 is 2.08 bits per heavy atom. The van der Waals surface area contributed by atoms with Crippen molar-refractivity contribution in [3.05, 3.63) is 65.5 Å². The number of rotatable bonds is 4. The Hall–Kier alpha value is -1.75. The number of nitrogens with zero attached hydrogens (tertiary/aromatic N) is 3. The van der Waals surface area contributed by atoms with Crippen LogP contribution in [0.5, 0.6) is 0 Å². The first-order valence-electron chi connectivity index (χ1n) is 9.21. The lowest BCUT2D eigenvalue weighted by molar-refractivity contribution is 0.0633. The predicted octanol–water partition coefficient (Wildman–Crippen LogP) is 2.66. The second-order valence-corrected chi connectivity index (χ2v) is 7.62. The van der Waals surface area contributed by atoms with Gasteiger partial charge in [0.15, 0.2) is 0 Å². The quantitative estimate of drug-likeness (QED) is 0.931. The first kappa shape index (κ1) is 16.7. The third-order valence-electron chi connectivity index (χ3n) is 6.06. The fraction of sp³-hybridized carbons (Fsp3) is 0.476. The Labute approximate surface area is 150 Å². The topological polar surface area (TPSA) is 39.6 Å². The van der Waals surface area contributed by atoms with Crippen molar-refractivity contribution in [2.75, 3.05) is 27.2 Å². The van der Waals surface area contributed by atoms with Crippen molar-refractivity contribution in [1.82, 2.24) is 14.8 Å². The van der Waals surface area contributed by atoms with E-state index in [0.29, 0.717) is 12.0 Å². The van der Waals surface area contributed by atoms with Crippen LogP contribution in [0.15, 0.2) is 48.8 Å². The molecule has 2 heterocycles. The van der Waals surface area contributed by atoms with E-state index in [2.05, 4.69) is 53.1 Å². The minimum atomic E-state index is -0.378. The van der Waals surface area contributed by atoms with Gasteiger partial charge >= 0.3 is 0 Å². The molecule has 0 saturated carbocycles. The van der Waals surface area contributed by atoms with Crippen LogP contribution < -0.4 is 0 Å². The van der Waals surface area contributed by atoms with Crippen molar-refractivity contribution in [3.8, 4) is 0 Å². The van der Waals surface area contributed by atoms with Crippen LogP contribution in [0.1, 0.15) is 35.3 Å². The van der Waals surface area contributed by atoms with Crippen LogP contribution in [0.25, 0.3) is 0 Å². The molecule has 1 aliphatic heterocycles. The molecule has 132 valence electrons. The summed E-state index contributed by atoms with van der Waals surface area (Å²) >= 11 is 0. The Bertz CT molecular complexity index is 720. The largest absolute Gasteiger partial charge is 0.387 e. The Morgan fingerprint density at radius 1 is 1.24 bits per heavy atom. The molecule has 1 aliphatic carbocycles. The van der Waals surface area contributed by atoms with E-state index < -0.39 is 0 Å². The molecule has 1 fully saturated rings. The number of aliphatic hydroxyl groups is 1. The van der Waals surface area contributed by atoms with E-state index in [1.54, 1.807) is 0 Å². The van der Waals surface area contributed by atoms with Crippen molar-refractivity contribution in [1.29, 1.82) is 0 Å². The maximum absolute atomic E-state index is 10.8. The molecule has 2 aliphatic rings.